The van der Waals surface area contributed by atoms with Crippen molar-refractivity contribution in [3.8, 4) is 11.5 Å². The Bertz CT molecular complexity index is 683. The van der Waals surface area contributed by atoms with Crippen LogP contribution in [0.25, 0.3) is 0 Å². The molecule has 0 saturated carbocycles. The molecule has 0 aromatic heterocycles. The smallest absolute Gasteiger partial charge is 0.253 e. The van der Waals surface area contributed by atoms with E-state index in [2.05, 4.69) is 4.90 Å². The number of ether oxygens (including phenoxy) is 2. The zero-order valence-electron chi connectivity index (χ0n) is 16.1. The highest BCUT2D eigenvalue weighted by atomic mass is 16.5. The average molecular weight is 356 g/mol. The Labute approximate surface area is 156 Å². The SMILES string of the molecule is COc1ccc(OCCN(C)CCN(C)C(=O)c2ccc(C)cc2)cc1. The van der Waals surface area contributed by atoms with E-state index in [-0.39, 0.29) is 5.91 Å². The van der Waals surface area contributed by atoms with E-state index in [1.54, 1.807) is 12.0 Å². The summed E-state index contributed by atoms with van der Waals surface area (Å²) < 4.78 is 10.9. The first-order valence-corrected chi connectivity index (χ1v) is 8.77. The summed E-state index contributed by atoms with van der Waals surface area (Å²) in [5.41, 5.74) is 1.88. The van der Waals surface area contributed by atoms with Gasteiger partial charge in [-0.3, -0.25) is 4.79 Å². The molecule has 0 bridgehead atoms. The van der Waals surface area contributed by atoms with Crippen LogP contribution in [0, 0.1) is 6.92 Å². The predicted molar refractivity (Wildman–Crippen MR) is 104 cm³/mol. The summed E-state index contributed by atoms with van der Waals surface area (Å²) in [4.78, 5) is 16.3. The Balaban J connectivity index is 1.69. The number of rotatable bonds is 9. The minimum atomic E-state index is 0.0490. The molecule has 0 aliphatic heterocycles. The molecule has 0 spiro atoms. The van der Waals surface area contributed by atoms with Crippen molar-refractivity contribution in [1.29, 1.82) is 0 Å². The number of amides is 1. The number of carbonyl (C=O) groups excluding carboxylic acids is 1. The Morgan fingerprint density at radius 2 is 1.50 bits per heavy atom. The zero-order chi connectivity index (χ0) is 18.9. The Kier molecular flexibility index (Phi) is 7.48. The summed E-state index contributed by atoms with van der Waals surface area (Å²) in [7, 11) is 5.51. The second kappa shape index (κ2) is 9.82. The van der Waals surface area contributed by atoms with Gasteiger partial charge in [-0.25, -0.2) is 0 Å². The molecule has 0 radical (unpaired) electrons. The van der Waals surface area contributed by atoms with Crippen LogP contribution in [-0.2, 0) is 0 Å². The third kappa shape index (κ3) is 6.08. The second-order valence-corrected chi connectivity index (χ2v) is 6.42. The number of carbonyl (C=O) groups is 1. The fourth-order valence-electron chi connectivity index (χ4n) is 2.44. The second-order valence-electron chi connectivity index (χ2n) is 6.42. The van der Waals surface area contributed by atoms with E-state index in [0.717, 1.165) is 35.7 Å². The number of benzene rings is 2. The number of likely N-dealkylation sites (N-methyl/N-ethyl adjacent to an activating group) is 2. The molecule has 1 amide bonds. The van der Waals surface area contributed by atoms with Crippen LogP contribution in [0.5, 0.6) is 11.5 Å². The maximum absolute atomic E-state index is 12.4. The van der Waals surface area contributed by atoms with Gasteiger partial charge in [0, 0.05) is 32.2 Å². The van der Waals surface area contributed by atoms with Crippen LogP contribution in [-0.4, -0.2) is 63.2 Å². The van der Waals surface area contributed by atoms with Gasteiger partial charge < -0.3 is 19.3 Å². The van der Waals surface area contributed by atoms with Gasteiger partial charge in [0.15, 0.2) is 0 Å². The van der Waals surface area contributed by atoms with Gasteiger partial charge in [0.05, 0.1) is 7.11 Å². The minimum Gasteiger partial charge on any atom is -0.497 e. The van der Waals surface area contributed by atoms with Crippen molar-refractivity contribution >= 4 is 5.91 Å². The summed E-state index contributed by atoms with van der Waals surface area (Å²) >= 11 is 0. The molecule has 0 N–H and O–H groups in total. The van der Waals surface area contributed by atoms with Gasteiger partial charge in [-0.15, -0.1) is 0 Å². The summed E-state index contributed by atoms with van der Waals surface area (Å²) in [6.07, 6.45) is 0. The molecule has 0 unspecified atom stereocenters. The lowest BCUT2D eigenvalue weighted by Crippen LogP contribution is -2.36. The van der Waals surface area contributed by atoms with Gasteiger partial charge in [-0.05, 0) is 50.4 Å². The summed E-state index contributed by atoms with van der Waals surface area (Å²) in [5, 5.41) is 0. The third-order valence-corrected chi connectivity index (χ3v) is 4.26. The van der Waals surface area contributed by atoms with Gasteiger partial charge in [0.2, 0.25) is 0 Å². The van der Waals surface area contributed by atoms with Gasteiger partial charge in [0.1, 0.15) is 18.1 Å². The van der Waals surface area contributed by atoms with Crippen LogP contribution in [0.15, 0.2) is 48.5 Å². The van der Waals surface area contributed by atoms with Gasteiger partial charge in [-0.1, -0.05) is 17.7 Å². The quantitative estimate of drug-likeness (QED) is 0.692. The first-order valence-electron chi connectivity index (χ1n) is 8.77. The van der Waals surface area contributed by atoms with Crippen LogP contribution in [0.2, 0.25) is 0 Å². The van der Waals surface area contributed by atoms with Crippen molar-refractivity contribution in [2.24, 2.45) is 0 Å². The summed E-state index contributed by atoms with van der Waals surface area (Å²) in [5.74, 6) is 1.69. The van der Waals surface area contributed by atoms with Crippen molar-refractivity contribution in [2.45, 2.75) is 6.92 Å². The van der Waals surface area contributed by atoms with Crippen LogP contribution in [0.3, 0.4) is 0 Å². The largest absolute Gasteiger partial charge is 0.497 e. The highest BCUT2D eigenvalue weighted by Crippen LogP contribution is 2.16. The Morgan fingerprint density at radius 1 is 0.885 bits per heavy atom. The summed E-state index contributed by atoms with van der Waals surface area (Å²) in [6.45, 7) is 4.86. The molecule has 2 aromatic carbocycles. The van der Waals surface area contributed by atoms with Crippen molar-refractivity contribution < 1.29 is 14.3 Å². The number of nitrogens with zero attached hydrogens (tertiary/aromatic N) is 2. The van der Waals surface area contributed by atoms with Crippen molar-refractivity contribution in [3.05, 3.63) is 59.7 Å². The van der Waals surface area contributed by atoms with E-state index >= 15 is 0 Å². The van der Waals surface area contributed by atoms with Crippen molar-refractivity contribution in [2.75, 3.05) is 47.4 Å². The molecule has 5 nitrogen and oxygen atoms in total. The van der Waals surface area contributed by atoms with Gasteiger partial charge in [0.25, 0.3) is 5.91 Å². The highest BCUT2D eigenvalue weighted by molar-refractivity contribution is 5.94. The van der Waals surface area contributed by atoms with Crippen molar-refractivity contribution in [1.82, 2.24) is 9.80 Å². The van der Waals surface area contributed by atoms with Crippen LogP contribution in [0.1, 0.15) is 15.9 Å². The lowest BCUT2D eigenvalue weighted by Gasteiger charge is -2.22. The maximum Gasteiger partial charge on any atom is 0.253 e. The van der Waals surface area contributed by atoms with E-state index in [4.69, 9.17) is 9.47 Å². The topological polar surface area (TPSA) is 42.0 Å². The van der Waals surface area contributed by atoms with E-state index in [1.165, 1.54) is 0 Å². The molecule has 0 heterocycles. The molecule has 2 rings (SSSR count). The molecule has 140 valence electrons. The van der Waals surface area contributed by atoms with Gasteiger partial charge >= 0.3 is 0 Å². The van der Waals surface area contributed by atoms with Gasteiger partial charge in [-0.2, -0.15) is 0 Å². The molecule has 5 heteroatoms. The van der Waals surface area contributed by atoms with E-state index in [1.807, 2.05) is 69.6 Å². The minimum absolute atomic E-state index is 0.0490. The lowest BCUT2D eigenvalue weighted by atomic mass is 10.1. The van der Waals surface area contributed by atoms with Crippen molar-refractivity contribution in [3.63, 3.8) is 0 Å². The molecular formula is C21H28N2O3. The van der Waals surface area contributed by atoms with E-state index < -0.39 is 0 Å². The standard InChI is InChI=1S/C21H28N2O3/c1-17-5-7-18(8-6-17)21(24)23(3)14-13-22(2)15-16-26-20-11-9-19(25-4)10-12-20/h5-12H,13-16H2,1-4H3. The third-order valence-electron chi connectivity index (χ3n) is 4.26. The number of aryl methyl sites for hydroxylation is 1. The number of methoxy groups -OCH3 is 1. The lowest BCUT2D eigenvalue weighted by molar-refractivity contribution is 0.0780. The first kappa shape index (κ1) is 19.8. The summed E-state index contributed by atoms with van der Waals surface area (Å²) in [6, 6.07) is 15.2. The molecule has 0 aliphatic carbocycles. The fraction of sp³-hybridized carbons (Fsp3) is 0.381. The van der Waals surface area contributed by atoms with Crippen LogP contribution >= 0.6 is 0 Å². The maximum atomic E-state index is 12.4. The zero-order valence-corrected chi connectivity index (χ0v) is 16.1. The van der Waals surface area contributed by atoms with Crippen LogP contribution < -0.4 is 9.47 Å². The average Bonchev–Trinajstić information content (AvgIpc) is 2.66. The molecular weight excluding hydrogens is 328 g/mol. The van der Waals surface area contributed by atoms with E-state index in [0.29, 0.717) is 13.2 Å². The highest BCUT2D eigenvalue weighted by Gasteiger charge is 2.11. The molecule has 0 atom stereocenters. The normalized spacial score (nSPS) is 10.7. The van der Waals surface area contributed by atoms with Crippen LogP contribution in [0.4, 0.5) is 0 Å². The molecule has 0 saturated heterocycles. The molecule has 2 aromatic rings. The van der Waals surface area contributed by atoms with E-state index in [9.17, 15) is 4.79 Å². The number of hydrogen-bond donors (Lipinski definition) is 0. The molecule has 26 heavy (non-hydrogen) atoms. The number of hydrogen-bond acceptors (Lipinski definition) is 4. The Morgan fingerprint density at radius 3 is 2.12 bits per heavy atom. The Hall–Kier alpha value is -2.53. The fourth-order valence-corrected chi connectivity index (χ4v) is 2.44. The predicted octanol–water partition coefficient (Wildman–Crippen LogP) is 3.09. The molecule has 0 fully saturated rings. The first-order chi connectivity index (χ1) is 12.5. The monoisotopic (exact) mass is 356 g/mol. The molecule has 0 aliphatic rings.